The molecule has 8 nitrogen and oxygen atoms in total. The van der Waals surface area contributed by atoms with Crippen LogP contribution < -0.4 is 10.6 Å². The minimum absolute atomic E-state index is 0.0747. The number of rotatable bonds is 6. The van der Waals surface area contributed by atoms with E-state index in [4.69, 9.17) is 4.42 Å². The summed E-state index contributed by atoms with van der Waals surface area (Å²) in [7, 11) is 0. The molecule has 1 saturated carbocycles. The topological polar surface area (TPSA) is 93.7 Å². The van der Waals surface area contributed by atoms with Gasteiger partial charge in [-0.25, -0.2) is 9.97 Å². The maximum atomic E-state index is 13.1. The Morgan fingerprint density at radius 3 is 2.72 bits per heavy atom. The number of anilines is 3. The molecule has 0 amide bonds. The average Bonchev–Trinajstić information content (AvgIpc) is 3.24. The lowest BCUT2D eigenvalue weighted by atomic mass is 9.78. The van der Waals surface area contributed by atoms with Crippen LogP contribution in [0.3, 0.4) is 0 Å². The molecule has 3 aromatic rings. The summed E-state index contributed by atoms with van der Waals surface area (Å²) >= 11 is 0. The van der Waals surface area contributed by atoms with Crippen LogP contribution in [0.5, 0.6) is 0 Å². The fourth-order valence-corrected chi connectivity index (χ4v) is 3.33. The van der Waals surface area contributed by atoms with Crippen LogP contribution in [0.4, 0.5) is 30.6 Å². The second-order valence-electron chi connectivity index (χ2n) is 6.95. The van der Waals surface area contributed by atoms with Crippen molar-refractivity contribution >= 4 is 17.5 Å². The maximum Gasteiger partial charge on any atom is 0.421 e. The lowest BCUT2D eigenvalue weighted by Crippen LogP contribution is -2.25. The van der Waals surface area contributed by atoms with Crippen molar-refractivity contribution in [1.82, 2.24) is 24.7 Å². The largest absolute Gasteiger partial charge is 0.451 e. The van der Waals surface area contributed by atoms with Crippen molar-refractivity contribution < 1.29 is 17.6 Å². The Labute approximate surface area is 164 Å². The molecule has 29 heavy (non-hydrogen) atoms. The lowest BCUT2D eigenvalue weighted by molar-refractivity contribution is -0.137. The zero-order valence-corrected chi connectivity index (χ0v) is 15.9. The summed E-state index contributed by atoms with van der Waals surface area (Å²) in [6.07, 6.45) is 2.96. The number of hydrogen-bond donors (Lipinski definition) is 2. The molecule has 3 heterocycles. The molecular formula is C18H20F3N7O. The first-order chi connectivity index (χ1) is 13.8. The van der Waals surface area contributed by atoms with Crippen LogP contribution in [-0.2, 0) is 6.18 Å². The molecule has 154 valence electrons. The van der Waals surface area contributed by atoms with E-state index in [9.17, 15) is 13.2 Å². The second-order valence-corrected chi connectivity index (χ2v) is 6.95. The van der Waals surface area contributed by atoms with E-state index in [0.717, 1.165) is 24.7 Å². The van der Waals surface area contributed by atoms with Crippen molar-refractivity contribution in [3.05, 3.63) is 42.0 Å². The summed E-state index contributed by atoms with van der Waals surface area (Å²) in [5, 5.41) is 10.1. The summed E-state index contributed by atoms with van der Waals surface area (Å²) in [6.45, 7) is 3.83. The lowest BCUT2D eigenvalue weighted by Gasteiger charge is -2.34. The van der Waals surface area contributed by atoms with Gasteiger partial charge in [0.05, 0.1) is 23.1 Å². The van der Waals surface area contributed by atoms with Crippen LogP contribution in [0.25, 0.3) is 0 Å². The molecule has 4 rings (SSSR count). The van der Waals surface area contributed by atoms with Gasteiger partial charge < -0.3 is 15.1 Å². The molecule has 2 N–H and O–H groups in total. The van der Waals surface area contributed by atoms with E-state index >= 15 is 0 Å². The van der Waals surface area contributed by atoms with E-state index in [0.29, 0.717) is 23.8 Å². The normalized spacial score (nSPS) is 19.1. The number of alkyl halides is 3. The van der Waals surface area contributed by atoms with Gasteiger partial charge in [-0.15, -0.1) is 0 Å². The summed E-state index contributed by atoms with van der Waals surface area (Å²) in [4.78, 5) is 12.0. The number of nitrogens with zero attached hydrogens (tertiary/aromatic N) is 5. The number of aryl methyl sites for hydroxylation is 1. The van der Waals surface area contributed by atoms with Gasteiger partial charge >= 0.3 is 6.18 Å². The van der Waals surface area contributed by atoms with Gasteiger partial charge in [-0.2, -0.15) is 23.3 Å². The van der Waals surface area contributed by atoms with Crippen LogP contribution in [-0.4, -0.2) is 31.3 Å². The summed E-state index contributed by atoms with van der Waals surface area (Å²) in [6, 6.07) is 0.233. The Morgan fingerprint density at radius 1 is 1.28 bits per heavy atom. The van der Waals surface area contributed by atoms with E-state index in [1.807, 2.05) is 17.8 Å². The first kappa shape index (κ1) is 19.2. The van der Waals surface area contributed by atoms with E-state index in [2.05, 4.69) is 30.7 Å². The predicted molar refractivity (Wildman–Crippen MR) is 99.0 cm³/mol. The third kappa shape index (κ3) is 3.89. The summed E-state index contributed by atoms with van der Waals surface area (Å²) in [5.74, 6) is 0.170. The van der Waals surface area contributed by atoms with Gasteiger partial charge in [-0.3, -0.25) is 4.68 Å². The van der Waals surface area contributed by atoms with Crippen LogP contribution in [0, 0.1) is 6.92 Å². The Balaban J connectivity index is 1.48. The highest BCUT2D eigenvalue weighted by molar-refractivity contribution is 5.58. The van der Waals surface area contributed by atoms with Gasteiger partial charge in [0, 0.05) is 24.9 Å². The molecule has 11 heteroatoms. The van der Waals surface area contributed by atoms with Crippen molar-refractivity contribution in [3.8, 4) is 0 Å². The number of halogens is 3. The van der Waals surface area contributed by atoms with Crippen LogP contribution in [0.1, 0.15) is 48.7 Å². The Hall–Kier alpha value is -3.11. The third-order valence-electron chi connectivity index (χ3n) is 4.96. The zero-order chi connectivity index (χ0) is 20.6. The standard InChI is InChI=1S/C18H20F3N7O/c1-3-22-16-13(18(19,20)21)6-23-17(26-16)25-14-7-28(27-10(14)2)12-4-11(5-12)15-8-29-9-24-15/h6-9,11-12H,3-5H2,1-2H3,(H2,22,23,25,26)/t11-,12-. The molecule has 1 fully saturated rings. The highest BCUT2D eigenvalue weighted by atomic mass is 19.4. The molecular weight excluding hydrogens is 387 g/mol. The van der Waals surface area contributed by atoms with Gasteiger partial charge in [0.15, 0.2) is 6.39 Å². The summed E-state index contributed by atoms with van der Waals surface area (Å²) < 4.78 is 46.2. The van der Waals surface area contributed by atoms with Crippen molar-refractivity contribution in [3.63, 3.8) is 0 Å². The van der Waals surface area contributed by atoms with Gasteiger partial charge in [0.2, 0.25) is 5.95 Å². The predicted octanol–water partition coefficient (Wildman–Crippen LogP) is 4.28. The fourth-order valence-electron chi connectivity index (χ4n) is 3.33. The molecule has 1 aliphatic carbocycles. The number of hydrogen-bond acceptors (Lipinski definition) is 7. The molecule has 0 saturated heterocycles. The Kier molecular flexibility index (Phi) is 4.89. The van der Waals surface area contributed by atoms with Gasteiger partial charge in [-0.1, -0.05) is 0 Å². The van der Waals surface area contributed by atoms with Crippen LogP contribution in [0.15, 0.2) is 29.5 Å². The summed E-state index contributed by atoms with van der Waals surface area (Å²) in [5.41, 5.74) is 1.41. The van der Waals surface area contributed by atoms with Crippen molar-refractivity contribution in [2.24, 2.45) is 0 Å². The van der Waals surface area contributed by atoms with Crippen LogP contribution in [0.2, 0.25) is 0 Å². The van der Waals surface area contributed by atoms with E-state index in [1.165, 1.54) is 6.39 Å². The smallest absolute Gasteiger partial charge is 0.421 e. The Bertz CT molecular complexity index is 978. The molecule has 3 aromatic heterocycles. The van der Waals surface area contributed by atoms with Gasteiger partial charge in [0.1, 0.15) is 17.6 Å². The van der Waals surface area contributed by atoms with Crippen molar-refractivity contribution in [1.29, 1.82) is 0 Å². The highest BCUT2D eigenvalue weighted by Gasteiger charge is 2.36. The number of oxazole rings is 1. The molecule has 0 aromatic carbocycles. The monoisotopic (exact) mass is 407 g/mol. The first-order valence-electron chi connectivity index (χ1n) is 9.24. The molecule has 0 atom stereocenters. The second kappa shape index (κ2) is 7.37. The van der Waals surface area contributed by atoms with E-state index in [-0.39, 0.29) is 17.8 Å². The van der Waals surface area contributed by atoms with E-state index in [1.54, 1.807) is 13.2 Å². The minimum Gasteiger partial charge on any atom is -0.451 e. The molecule has 0 unspecified atom stereocenters. The maximum absolute atomic E-state index is 13.1. The van der Waals surface area contributed by atoms with Crippen LogP contribution >= 0.6 is 0 Å². The van der Waals surface area contributed by atoms with Gasteiger partial charge in [0.25, 0.3) is 0 Å². The molecule has 0 radical (unpaired) electrons. The minimum atomic E-state index is -4.53. The number of nitrogens with one attached hydrogen (secondary N) is 2. The van der Waals surface area contributed by atoms with Crippen molar-refractivity contribution in [2.75, 3.05) is 17.2 Å². The molecule has 1 aliphatic rings. The Morgan fingerprint density at radius 2 is 2.07 bits per heavy atom. The van der Waals surface area contributed by atoms with Gasteiger partial charge in [-0.05, 0) is 26.7 Å². The SMILES string of the molecule is CCNc1nc(Nc2cn([C@H]3C[C@H](c4cocn4)C3)nc2C)ncc1C(F)(F)F. The first-order valence-corrected chi connectivity index (χ1v) is 9.24. The number of aromatic nitrogens is 5. The third-order valence-corrected chi connectivity index (χ3v) is 4.96. The quantitative estimate of drug-likeness (QED) is 0.630. The fraction of sp³-hybridized carbons (Fsp3) is 0.444. The zero-order valence-electron chi connectivity index (χ0n) is 15.9. The highest BCUT2D eigenvalue weighted by Crippen LogP contribution is 2.44. The van der Waals surface area contributed by atoms with E-state index < -0.39 is 11.7 Å². The average molecular weight is 407 g/mol. The molecule has 0 spiro atoms. The molecule has 0 bridgehead atoms. The van der Waals surface area contributed by atoms with Crippen molar-refractivity contribution in [2.45, 2.75) is 44.8 Å². The molecule has 0 aliphatic heterocycles.